The van der Waals surface area contributed by atoms with Crippen LogP contribution in [-0.2, 0) is 6.42 Å². The molecule has 0 spiro atoms. The van der Waals surface area contributed by atoms with E-state index in [1.165, 1.54) is 17.4 Å². The van der Waals surface area contributed by atoms with Gasteiger partial charge in [0.2, 0.25) is 0 Å². The van der Waals surface area contributed by atoms with Crippen molar-refractivity contribution in [3.8, 4) is 11.3 Å². The highest BCUT2D eigenvalue weighted by Gasteiger charge is 2.24. The fourth-order valence-corrected chi connectivity index (χ4v) is 2.95. The molecular formula is C10H5ClFNS. The summed E-state index contributed by atoms with van der Waals surface area (Å²) in [5.74, 6) is -0.149. The van der Waals surface area contributed by atoms with Crippen molar-refractivity contribution in [2.45, 2.75) is 6.42 Å². The Morgan fingerprint density at radius 3 is 3.14 bits per heavy atom. The zero-order valence-corrected chi connectivity index (χ0v) is 8.62. The molecule has 0 saturated carbocycles. The molecule has 1 aliphatic rings. The largest absolute Gasteiger partial charge is 0.225 e. The second kappa shape index (κ2) is 2.78. The molecule has 0 N–H and O–H groups in total. The quantitative estimate of drug-likeness (QED) is 0.571. The summed E-state index contributed by atoms with van der Waals surface area (Å²) < 4.78 is 13.9. The molecule has 70 valence electrons. The zero-order chi connectivity index (χ0) is 9.71. The van der Waals surface area contributed by atoms with Gasteiger partial charge in [0.25, 0.3) is 0 Å². The molecule has 0 amide bonds. The molecule has 0 saturated heterocycles. The third-order valence-corrected chi connectivity index (χ3v) is 3.54. The van der Waals surface area contributed by atoms with Crippen molar-refractivity contribution in [3.05, 3.63) is 38.9 Å². The van der Waals surface area contributed by atoms with Crippen LogP contribution in [0, 0.1) is 5.82 Å². The summed E-state index contributed by atoms with van der Waals surface area (Å²) in [6.07, 6.45) is 0.627. The van der Waals surface area contributed by atoms with E-state index in [4.69, 9.17) is 11.6 Å². The topological polar surface area (TPSA) is 12.9 Å². The molecule has 4 heteroatoms. The number of benzene rings is 1. The maximum atomic E-state index is 13.4. The van der Waals surface area contributed by atoms with Crippen LogP contribution >= 0.6 is 22.9 Å². The van der Waals surface area contributed by atoms with Crippen LogP contribution in [0.4, 0.5) is 4.39 Å². The third-order valence-electron chi connectivity index (χ3n) is 2.38. The van der Waals surface area contributed by atoms with E-state index in [2.05, 4.69) is 4.98 Å². The van der Waals surface area contributed by atoms with Crippen LogP contribution < -0.4 is 0 Å². The van der Waals surface area contributed by atoms with E-state index in [-0.39, 0.29) is 5.82 Å². The lowest BCUT2D eigenvalue weighted by molar-refractivity contribution is 0.616. The Balaban J connectivity index is 2.30. The number of aromatic nitrogens is 1. The Kier molecular flexibility index (Phi) is 1.66. The predicted molar refractivity (Wildman–Crippen MR) is 55.3 cm³/mol. The van der Waals surface area contributed by atoms with Crippen molar-refractivity contribution in [2.75, 3.05) is 0 Å². The maximum absolute atomic E-state index is 13.4. The van der Waals surface area contributed by atoms with Crippen molar-refractivity contribution >= 4 is 22.9 Å². The summed E-state index contributed by atoms with van der Waals surface area (Å²) in [6, 6.07) is 5.08. The van der Waals surface area contributed by atoms with Gasteiger partial charge in [-0.2, -0.15) is 0 Å². The summed E-state index contributed by atoms with van der Waals surface area (Å²) in [5.41, 5.74) is 2.50. The van der Waals surface area contributed by atoms with Crippen LogP contribution in [0.3, 0.4) is 0 Å². The van der Waals surface area contributed by atoms with Crippen LogP contribution in [0.2, 0.25) is 4.47 Å². The van der Waals surface area contributed by atoms with Crippen molar-refractivity contribution in [1.29, 1.82) is 0 Å². The SMILES string of the molecule is Fc1cccc2c1Cc1sc(Cl)nc1-2. The van der Waals surface area contributed by atoms with Gasteiger partial charge >= 0.3 is 0 Å². The fourth-order valence-electron chi connectivity index (χ4n) is 1.77. The second-order valence-corrected chi connectivity index (χ2v) is 4.85. The number of halogens is 2. The molecule has 0 fully saturated rings. The Morgan fingerprint density at radius 1 is 1.43 bits per heavy atom. The Hall–Kier alpha value is -0.930. The summed E-state index contributed by atoms with van der Waals surface area (Å²) in [6.45, 7) is 0. The maximum Gasteiger partial charge on any atom is 0.184 e. The highest BCUT2D eigenvalue weighted by Crippen LogP contribution is 2.41. The van der Waals surface area contributed by atoms with Gasteiger partial charge in [-0.1, -0.05) is 23.7 Å². The van der Waals surface area contributed by atoms with Gasteiger partial charge in [0.15, 0.2) is 4.47 Å². The highest BCUT2D eigenvalue weighted by molar-refractivity contribution is 7.16. The first-order chi connectivity index (χ1) is 6.75. The van der Waals surface area contributed by atoms with E-state index in [1.807, 2.05) is 6.07 Å². The summed E-state index contributed by atoms with van der Waals surface area (Å²) in [5, 5.41) is 0. The molecule has 1 nitrogen and oxygen atoms in total. The first kappa shape index (κ1) is 8.38. The summed E-state index contributed by atoms with van der Waals surface area (Å²) in [7, 11) is 0. The predicted octanol–water partition coefficient (Wildman–Crippen LogP) is 3.51. The van der Waals surface area contributed by atoms with Gasteiger partial charge in [-0.25, -0.2) is 9.37 Å². The second-order valence-electron chi connectivity index (χ2n) is 3.18. The van der Waals surface area contributed by atoms with Gasteiger partial charge in [-0.3, -0.25) is 0 Å². The fraction of sp³-hybridized carbons (Fsp3) is 0.100. The lowest BCUT2D eigenvalue weighted by atomic mass is 10.1. The lowest BCUT2D eigenvalue weighted by Gasteiger charge is -1.98. The van der Waals surface area contributed by atoms with Crippen LogP contribution in [0.25, 0.3) is 11.3 Å². The lowest BCUT2D eigenvalue weighted by Crippen LogP contribution is -1.86. The van der Waals surface area contributed by atoms with Crippen LogP contribution in [0.5, 0.6) is 0 Å². The Labute approximate surface area is 89.2 Å². The van der Waals surface area contributed by atoms with Gasteiger partial charge in [0.1, 0.15) is 5.82 Å². The number of fused-ring (bicyclic) bond motifs is 3. The van der Waals surface area contributed by atoms with Crippen LogP contribution in [-0.4, -0.2) is 4.98 Å². The standard InChI is InChI=1S/C10H5ClFNS/c11-10-13-9-5-2-1-3-7(12)6(5)4-8(9)14-10/h1-3H,4H2. The van der Waals surface area contributed by atoms with E-state index < -0.39 is 0 Å². The van der Waals surface area contributed by atoms with Crippen LogP contribution in [0.15, 0.2) is 18.2 Å². The highest BCUT2D eigenvalue weighted by atomic mass is 35.5. The van der Waals surface area contributed by atoms with Crippen molar-refractivity contribution < 1.29 is 4.39 Å². The monoisotopic (exact) mass is 225 g/mol. The number of hydrogen-bond acceptors (Lipinski definition) is 2. The Morgan fingerprint density at radius 2 is 2.29 bits per heavy atom. The zero-order valence-electron chi connectivity index (χ0n) is 7.05. The van der Waals surface area contributed by atoms with Gasteiger partial charge in [-0.15, -0.1) is 11.3 Å². The smallest absolute Gasteiger partial charge is 0.184 e. The van der Waals surface area contributed by atoms with E-state index in [0.29, 0.717) is 10.9 Å². The van der Waals surface area contributed by atoms with E-state index in [0.717, 1.165) is 21.7 Å². The summed E-state index contributed by atoms with van der Waals surface area (Å²) in [4.78, 5) is 5.26. The molecule has 0 unspecified atom stereocenters. The average Bonchev–Trinajstić information content (AvgIpc) is 2.63. The molecule has 2 aromatic rings. The molecule has 1 aromatic carbocycles. The number of rotatable bonds is 0. The molecular weight excluding hydrogens is 221 g/mol. The molecule has 0 bridgehead atoms. The van der Waals surface area contributed by atoms with Gasteiger partial charge in [0.05, 0.1) is 5.69 Å². The molecule has 0 radical (unpaired) electrons. The molecule has 1 aromatic heterocycles. The summed E-state index contributed by atoms with van der Waals surface area (Å²) >= 11 is 7.23. The number of hydrogen-bond donors (Lipinski definition) is 0. The molecule has 14 heavy (non-hydrogen) atoms. The van der Waals surface area contributed by atoms with Gasteiger partial charge < -0.3 is 0 Å². The molecule has 0 atom stereocenters. The van der Waals surface area contributed by atoms with E-state index in [1.54, 1.807) is 6.07 Å². The molecule has 3 rings (SSSR count). The minimum atomic E-state index is -0.149. The first-order valence-electron chi connectivity index (χ1n) is 4.18. The number of nitrogens with zero attached hydrogens (tertiary/aromatic N) is 1. The first-order valence-corrected chi connectivity index (χ1v) is 5.38. The normalized spacial score (nSPS) is 12.7. The minimum absolute atomic E-state index is 0.149. The average molecular weight is 226 g/mol. The molecule has 1 heterocycles. The van der Waals surface area contributed by atoms with Crippen molar-refractivity contribution in [1.82, 2.24) is 4.98 Å². The molecule has 1 aliphatic carbocycles. The Bertz CT molecular complexity index is 521. The van der Waals surface area contributed by atoms with Crippen molar-refractivity contribution in [3.63, 3.8) is 0 Å². The number of thiazole rings is 1. The molecule has 0 aliphatic heterocycles. The van der Waals surface area contributed by atoms with Crippen molar-refractivity contribution in [2.24, 2.45) is 0 Å². The minimum Gasteiger partial charge on any atom is -0.225 e. The van der Waals surface area contributed by atoms with Gasteiger partial charge in [0, 0.05) is 22.4 Å². The van der Waals surface area contributed by atoms with Gasteiger partial charge in [-0.05, 0) is 6.07 Å². The third kappa shape index (κ3) is 1.03. The van der Waals surface area contributed by atoms with E-state index in [9.17, 15) is 4.39 Å². The van der Waals surface area contributed by atoms with E-state index >= 15 is 0 Å². The van der Waals surface area contributed by atoms with Crippen LogP contribution in [0.1, 0.15) is 10.4 Å².